The minimum atomic E-state index is -6.59. The molecule has 4 nitrogen and oxygen atoms in total. The highest BCUT2D eigenvalue weighted by atomic mass is 32.2. The number of carbonyl (C=O) groups excluding carboxylic acids is 1. The predicted octanol–water partition coefficient (Wildman–Crippen LogP) is 6.00. The number of ether oxygens (including phenoxy) is 1. The third kappa shape index (κ3) is 5.89. The van der Waals surface area contributed by atoms with Crippen LogP contribution in [0.25, 0.3) is 5.69 Å². The second-order valence-corrected chi connectivity index (χ2v) is 7.49. The molecule has 0 aliphatic heterocycles. The maximum Gasteiger partial charge on any atom is 0.460 e. The van der Waals surface area contributed by atoms with E-state index in [4.69, 9.17) is 0 Å². The van der Waals surface area contributed by atoms with Gasteiger partial charge in [-0.25, -0.2) is 9.07 Å². The van der Waals surface area contributed by atoms with Gasteiger partial charge in [-0.2, -0.15) is 43.9 Å². The van der Waals surface area contributed by atoms with Gasteiger partial charge in [0, 0.05) is 11.0 Å². The zero-order valence-electron chi connectivity index (χ0n) is 16.0. The molecule has 2 rings (SSSR count). The molecule has 184 valence electrons. The lowest BCUT2D eigenvalue weighted by atomic mass is 10.2. The number of aromatic nitrogens is 2. The topological polar surface area (TPSA) is 44.1 Å². The van der Waals surface area contributed by atoms with Crippen LogP contribution in [0.15, 0.2) is 23.1 Å². The van der Waals surface area contributed by atoms with E-state index in [0.717, 1.165) is 12.1 Å². The number of thioether (sulfide) groups is 1. The van der Waals surface area contributed by atoms with Gasteiger partial charge in [0.1, 0.15) is 17.2 Å². The van der Waals surface area contributed by atoms with Crippen molar-refractivity contribution in [2.24, 2.45) is 0 Å². The van der Waals surface area contributed by atoms with Gasteiger partial charge in [-0.3, -0.25) is 4.79 Å². The predicted molar refractivity (Wildman–Crippen MR) is 91.9 cm³/mol. The molecule has 1 aromatic heterocycles. The van der Waals surface area contributed by atoms with E-state index in [0.29, 0.717) is 10.7 Å². The van der Waals surface area contributed by atoms with E-state index in [2.05, 4.69) is 9.84 Å². The fourth-order valence-corrected chi connectivity index (χ4v) is 3.10. The van der Waals surface area contributed by atoms with Crippen LogP contribution in [0.1, 0.15) is 16.1 Å². The van der Waals surface area contributed by atoms with Crippen molar-refractivity contribution in [1.82, 2.24) is 9.78 Å². The van der Waals surface area contributed by atoms with Crippen molar-refractivity contribution in [2.75, 3.05) is 12.4 Å². The van der Waals surface area contributed by atoms with Crippen molar-refractivity contribution in [3.05, 3.63) is 35.3 Å². The summed E-state index contributed by atoms with van der Waals surface area (Å²) >= 11 is 0.269. The van der Waals surface area contributed by atoms with Crippen LogP contribution in [-0.2, 0) is 0 Å². The maximum atomic E-state index is 14.4. The van der Waals surface area contributed by atoms with Gasteiger partial charge in [0.15, 0.2) is 12.9 Å². The van der Waals surface area contributed by atoms with Crippen LogP contribution in [0.4, 0.5) is 48.3 Å². The van der Waals surface area contributed by atoms with Crippen LogP contribution >= 0.6 is 11.8 Å². The van der Waals surface area contributed by atoms with E-state index >= 15 is 0 Å². The number of alkyl halides is 10. The number of carbonyl (C=O) groups is 1. The molecule has 0 atom stereocenters. The van der Waals surface area contributed by atoms with Gasteiger partial charge in [-0.15, -0.1) is 16.9 Å². The first-order chi connectivity index (χ1) is 14.9. The van der Waals surface area contributed by atoms with Crippen molar-refractivity contribution in [3.63, 3.8) is 0 Å². The van der Waals surface area contributed by atoms with Gasteiger partial charge in [0.25, 0.3) is 0 Å². The Morgan fingerprint density at radius 1 is 1.03 bits per heavy atom. The van der Waals surface area contributed by atoms with Gasteiger partial charge in [-0.1, -0.05) is 0 Å². The van der Waals surface area contributed by atoms with E-state index in [-0.39, 0.29) is 28.5 Å². The van der Waals surface area contributed by atoms with Gasteiger partial charge in [-0.05, 0) is 24.6 Å². The normalized spacial score (nSPS) is 13.3. The molecule has 0 amide bonds. The molecule has 0 saturated carbocycles. The van der Waals surface area contributed by atoms with E-state index < -0.39 is 59.6 Å². The quantitative estimate of drug-likeness (QED) is 0.245. The van der Waals surface area contributed by atoms with Gasteiger partial charge in [0.05, 0.1) is 5.75 Å². The first kappa shape index (κ1) is 26.7. The number of benzene rings is 1. The van der Waals surface area contributed by atoms with Gasteiger partial charge >= 0.3 is 24.2 Å². The number of rotatable bonds is 8. The van der Waals surface area contributed by atoms with E-state index in [9.17, 15) is 53.1 Å². The Balaban J connectivity index is 2.36. The fourth-order valence-electron chi connectivity index (χ4n) is 2.30. The molecule has 33 heavy (non-hydrogen) atoms. The van der Waals surface area contributed by atoms with Gasteiger partial charge in [0.2, 0.25) is 5.88 Å². The molecule has 1 aromatic carbocycles. The maximum absolute atomic E-state index is 14.4. The molecule has 0 saturated heterocycles. The Bertz CT molecular complexity index is 1020. The van der Waals surface area contributed by atoms with Crippen LogP contribution in [0.2, 0.25) is 0 Å². The third-order valence-electron chi connectivity index (χ3n) is 3.92. The number of aryl methyl sites for hydroxylation is 1. The summed E-state index contributed by atoms with van der Waals surface area (Å²) < 4.78 is 146. The molecule has 1 heterocycles. The van der Waals surface area contributed by atoms with Crippen LogP contribution in [0.5, 0.6) is 5.88 Å². The molecule has 0 N–H and O–H groups in total. The average Bonchev–Trinajstić information content (AvgIpc) is 3.07. The second-order valence-electron chi connectivity index (χ2n) is 6.48. The fraction of sp³-hybridized carbons (Fsp3) is 0.412. The van der Waals surface area contributed by atoms with Crippen molar-refractivity contribution in [3.8, 4) is 11.6 Å². The summed E-state index contributed by atoms with van der Waals surface area (Å²) in [6.07, 6.45) is -11.2. The Morgan fingerprint density at radius 3 is 2.15 bits per heavy atom. The van der Waals surface area contributed by atoms with E-state index in [1.807, 2.05) is 0 Å². The SMILES string of the molecule is Cc1cc(F)c(-n2nc(OCC(F)(F)C(F)(F)C(F)(F)F)cc2C=O)cc1SCC(F)(F)F. The van der Waals surface area contributed by atoms with Crippen LogP contribution in [0.3, 0.4) is 0 Å². The molecule has 2 aromatic rings. The lowest BCUT2D eigenvalue weighted by Gasteiger charge is -2.27. The van der Waals surface area contributed by atoms with Crippen LogP contribution < -0.4 is 4.74 Å². The summed E-state index contributed by atoms with van der Waals surface area (Å²) in [4.78, 5) is 11.1. The van der Waals surface area contributed by atoms with E-state index in [1.165, 1.54) is 6.92 Å². The highest BCUT2D eigenvalue weighted by molar-refractivity contribution is 7.99. The Kier molecular flexibility index (Phi) is 7.31. The van der Waals surface area contributed by atoms with Crippen molar-refractivity contribution in [2.45, 2.75) is 36.0 Å². The number of halogens is 11. The smallest absolute Gasteiger partial charge is 0.460 e. The van der Waals surface area contributed by atoms with Gasteiger partial charge < -0.3 is 4.74 Å². The highest BCUT2D eigenvalue weighted by Gasteiger charge is 2.73. The number of aldehydes is 1. The van der Waals surface area contributed by atoms with Crippen LogP contribution in [-0.4, -0.2) is 52.6 Å². The first-order valence-electron chi connectivity index (χ1n) is 8.40. The molecule has 0 aliphatic carbocycles. The first-order valence-corrected chi connectivity index (χ1v) is 9.38. The lowest BCUT2D eigenvalue weighted by Crippen LogP contribution is -2.54. The summed E-state index contributed by atoms with van der Waals surface area (Å²) in [6, 6.07) is 2.19. The summed E-state index contributed by atoms with van der Waals surface area (Å²) in [5.74, 6) is -15.7. The highest BCUT2D eigenvalue weighted by Crippen LogP contribution is 2.46. The summed E-state index contributed by atoms with van der Waals surface area (Å²) in [7, 11) is 0. The van der Waals surface area contributed by atoms with Crippen LogP contribution in [0, 0.1) is 12.7 Å². The van der Waals surface area contributed by atoms with Crippen molar-refractivity contribution in [1.29, 1.82) is 0 Å². The minimum Gasteiger partial charge on any atom is -0.470 e. The summed E-state index contributed by atoms with van der Waals surface area (Å²) in [6.45, 7) is -1.22. The summed E-state index contributed by atoms with van der Waals surface area (Å²) in [5.41, 5.74) is -1.17. The lowest BCUT2D eigenvalue weighted by molar-refractivity contribution is -0.358. The summed E-state index contributed by atoms with van der Waals surface area (Å²) in [5, 5.41) is 3.37. The number of nitrogens with zero attached hydrogens (tertiary/aromatic N) is 2. The minimum absolute atomic E-state index is 0.00977. The Hall–Kier alpha value is -2.52. The molecular formula is C17H11F11N2O2S. The molecular weight excluding hydrogens is 505 g/mol. The number of hydrogen-bond acceptors (Lipinski definition) is 4. The molecule has 0 unspecified atom stereocenters. The zero-order valence-corrected chi connectivity index (χ0v) is 16.8. The Labute approximate surface area is 181 Å². The zero-order chi connectivity index (χ0) is 25.4. The largest absolute Gasteiger partial charge is 0.470 e. The second kappa shape index (κ2) is 9.02. The molecule has 0 bridgehead atoms. The third-order valence-corrected chi connectivity index (χ3v) is 5.14. The molecule has 0 radical (unpaired) electrons. The van der Waals surface area contributed by atoms with Crippen molar-refractivity contribution >= 4 is 18.0 Å². The Morgan fingerprint density at radius 2 is 1.64 bits per heavy atom. The average molecular weight is 516 g/mol. The van der Waals surface area contributed by atoms with E-state index in [1.54, 1.807) is 0 Å². The number of hydrogen-bond donors (Lipinski definition) is 0. The molecule has 0 spiro atoms. The standard InChI is InChI=1S/C17H11F11N2O2S/c1-8-2-10(18)11(4-12(8)33-7-15(21,22)23)30-9(5-31)3-13(29-30)32-6-14(19,20)16(24,25)17(26,27)28/h2-5H,6-7H2,1H3. The molecule has 0 fully saturated rings. The molecule has 0 aliphatic rings. The van der Waals surface area contributed by atoms with Crippen molar-refractivity contribution < 1.29 is 57.8 Å². The molecule has 16 heteroatoms. The monoisotopic (exact) mass is 516 g/mol.